The number of fused-ring (bicyclic) bond motifs is 6. The lowest BCUT2D eigenvalue weighted by Crippen LogP contribution is -2.89. The number of hydrogen-bond donors (Lipinski definition) is 1. The largest absolute Gasteiger partial charge is 0.330 e. The van der Waals surface area contributed by atoms with E-state index in [1.54, 1.807) is 0 Å². The summed E-state index contributed by atoms with van der Waals surface area (Å²) in [6.07, 6.45) is 13.4. The second-order valence-electron chi connectivity index (χ2n) is 13.3. The van der Waals surface area contributed by atoms with Crippen molar-refractivity contribution in [3.63, 3.8) is 0 Å². The van der Waals surface area contributed by atoms with E-state index in [9.17, 15) is 0 Å². The van der Waals surface area contributed by atoms with Crippen molar-refractivity contribution in [3.05, 3.63) is 156 Å². The van der Waals surface area contributed by atoms with Gasteiger partial charge < -0.3 is 9.47 Å². The Morgan fingerprint density at radius 1 is 0.870 bits per heavy atom. The number of nitrogens with zero attached hydrogens (tertiary/aromatic N) is 3. The van der Waals surface area contributed by atoms with Crippen LogP contribution in [0.2, 0.25) is 0 Å². The highest BCUT2D eigenvalue weighted by Crippen LogP contribution is 2.56. The van der Waals surface area contributed by atoms with Crippen molar-refractivity contribution in [1.29, 1.82) is 0 Å². The molecular weight excluding hydrogens is 560 g/mol. The van der Waals surface area contributed by atoms with Gasteiger partial charge in [0.2, 0.25) is 5.84 Å². The van der Waals surface area contributed by atoms with E-state index in [2.05, 4.69) is 162 Å². The van der Waals surface area contributed by atoms with E-state index in [4.69, 9.17) is 4.99 Å². The van der Waals surface area contributed by atoms with E-state index >= 15 is 0 Å². The Hall–Kier alpha value is -5.19. The van der Waals surface area contributed by atoms with E-state index in [1.807, 2.05) is 0 Å². The summed E-state index contributed by atoms with van der Waals surface area (Å²) in [6.45, 7) is 5.56. The zero-order chi connectivity index (χ0) is 30.8. The van der Waals surface area contributed by atoms with Crippen molar-refractivity contribution in [3.8, 4) is 5.69 Å². The number of aliphatic imine (C=N–C) groups is 1. The third kappa shape index (κ3) is 4.14. The summed E-state index contributed by atoms with van der Waals surface area (Å²) in [5.41, 5.74) is 13.8. The van der Waals surface area contributed by atoms with Gasteiger partial charge in [-0.1, -0.05) is 91.9 Å². The van der Waals surface area contributed by atoms with Crippen molar-refractivity contribution in [2.75, 3.05) is 11.4 Å². The number of allylic oxidation sites excluding steroid dienone is 2. The summed E-state index contributed by atoms with van der Waals surface area (Å²) in [5, 5.41) is 3.59. The van der Waals surface area contributed by atoms with Crippen LogP contribution in [0.1, 0.15) is 42.7 Å². The molecule has 0 fully saturated rings. The van der Waals surface area contributed by atoms with E-state index in [1.165, 1.54) is 67.1 Å². The summed E-state index contributed by atoms with van der Waals surface area (Å²) < 4.78 is 2.48. The molecule has 2 aliphatic heterocycles. The lowest BCUT2D eigenvalue weighted by molar-refractivity contribution is -0.526. The molecule has 2 N–H and O–H groups in total. The van der Waals surface area contributed by atoms with Crippen LogP contribution in [0.3, 0.4) is 0 Å². The normalized spacial score (nSPS) is 21.6. The number of aromatic nitrogens is 1. The predicted molar refractivity (Wildman–Crippen MR) is 191 cm³/mol. The summed E-state index contributed by atoms with van der Waals surface area (Å²) in [7, 11) is 0. The molecule has 224 valence electrons. The Labute approximate surface area is 270 Å². The average molecular weight is 598 g/mol. The Morgan fingerprint density at radius 3 is 2.50 bits per heavy atom. The van der Waals surface area contributed by atoms with Crippen LogP contribution in [0, 0.1) is 5.92 Å². The van der Waals surface area contributed by atoms with Crippen LogP contribution in [-0.2, 0) is 6.42 Å². The summed E-state index contributed by atoms with van der Waals surface area (Å²) in [5.74, 6) is 1.69. The van der Waals surface area contributed by atoms with Crippen molar-refractivity contribution in [2.45, 2.75) is 32.2 Å². The second-order valence-corrected chi connectivity index (χ2v) is 13.3. The Bertz CT molecular complexity index is 2190. The molecule has 0 saturated carbocycles. The number of hydrogen-bond acceptors (Lipinski definition) is 2. The predicted octanol–water partition coefficient (Wildman–Crippen LogP) is 8.48. The van der Waals surface area contributed by atoms with Crippen LogP contribution in [-0.4, -0.2) is 22.5 Å². The Morgan fingerprint density at radius 2 is 1.67 bits per heavy atom. The van der Waals surface area contributed by atoms with Crippen molar-refractivity contribution in [2.24, 2.45) is 10.9 Å². The smallest absolute Gasteiger partial charge is 0.231 e. The van der Waals surface area contributed by atoms with Gasteiger partial charge in [-0.3, -0.25) is 5.32 Å². The second kappa shape index (κ2) is 10.4. The Kier molecular flexibility index (Phi) is 6.16. The van der Waals surface area contributed by atoms with Gasteiger partial charge in [0.1, 0.15) is 6.54 Å². The number of benzene rings is 4. The van der Waals surface area contributed by atoms with Gasteiger partial charge in [-0.05, 0) is 72.9 Å². The third-order valence-electron chi connectivity index (χ3n) is 10.3. The SMILES string of the molecule is CC1C=CC(C2=NC=C(c3cccc(N4c5ccccc5C5=Cc6c(n(-c7ccccc7)c7ccccc67)CC54C)c3)C[NH2+]2)=CC1. The Balaban J connectivity index is 1.15. The molecule has 0 amide bonds. The lowest BCUT2D eigenvalue weighted by atomic mass is 9.79. The van der Waals surface area contributed by atoms with Crippen molar-refractivity contribution >= 4 is 45.3 Å². The van der Waals surface area contributed by atoms with Gasteiger partial charge in [0.25, 0.3) is 0 Å². The third-order valence-corrected chi connectivity index (χ3v) is 10.3. The zero-order valence-corrected chi connectivity index (χ0v) is 26.3. The molecule has 4 aromatic carbocycles. The molecule has 4 heteroatoms. The van der Waals surface area contributed by atoms with Crippen LogP contribution in [0.5, 0.6) is 0 Å². The summed E-state index contributed by atoms with van der Waals surface area (Å²) >= 11 is 0. The number of rotatable bonds is 4. The van der Waals surface area contributed by atoms with Gasteiger partial charge in [-0.15, -0.1) is 0 Å². The fourth-order valence-corrected chi connectivity index (χ4v) is 8.01. The first kappa shape index (κ1) is 27.1. The van der Waals surface area contributed by atoms with E-state index in [0.717, 1.165) is 25.2 Å². The maximum Gasteiger partial charge on any atom is 0.231 e. The quantitative estimate of drug-likeness (QED) is 0.222. The molecule has 4 aliphatic rings. The molecule has 2 aliphatic carbocycles. The molecule has 0 bridgehead atoms. The summed E-state index contributed by atoms with van der Waals surface area (Å²) in [6, 6.07) is 37.7. The number of quaternary nitrogens is 1. The van der Waals surface area contributed by atoms with Gasteiger partial charge in [-0.25, -0.2) is 4.99 Å². The van der Waals surface area contributed by atoms with E-state index in [0.29, 0.717) is 5.92 Å². The minimum absolute atomic E-state index is 0.258. The van der Waals surface area contributed by atoms with Crippen LogP contribution in [0.15, 0.2) is 138 Å². The lowest BCUT2D eigenvalue weighted by Gasteiger charge is -2.41. The fraction of sp³-hybridized carbons (Fsp3) is 0.167. The first-order chi connectivity index (χ1) is 22.6. The van der Waals surface area contributed by atoms with Gasteiger partial charge in [-0.2, -0.15) is 0 Å². The molecule has 9 rings (SSSR count). The van der Waals surface area contributed by atoms with Gasteiger partial charge in [0.05, 0.1) is 16.6 Å². The molecule has 2 atom stereocenters. The molecule has 3 heterocycles. The van der Waals surface area contributed by atoms with Gasteiger partial charge >= 0.3 is 0 Å². The van der Waals surface area contributed by atoms with Gasteiger partial charge in [0.15, 0.2) is 0 Å². The number of amidine groups is 1. The molecule has 1 aromatic heterocycles. The summed E-state index contributed by atoms with van der Waals surface area (Å²) in [4.78, 5) is 7.51. The highest BCUT2D eigenvalue weighted by Gasteiger charge is 2.48. The van der Waals surface area contributed by atoms with Crippen LogP contribution >= 0.6 is 0 Å². The molecule has 0 radical (unpaired) electrons. The average Bonchev–Trinajstić information content (AvgIpc) is 3.55. The van der Waals surface area contributed by atoms with E-state index in [-0.39, 0.29) is 5.54 Å². The van der Waals surface area contributed by atoms with Gasteiger partial charge in [0, 0.05) is 57.5 Å². The molecule has 0 saturated heterocycles. The topological polar surface area (TPSA) is 37.1 Å². The maximum atomic E-state index is 4.92. The highest BCUT2D eigenvalue weighted by atomic mass is 15.2. The molecule has 4 nitrogen and oxygen atoms in total. The maximum absolute atomic E-state index is 4.92. The monoisotopic (exact) mass is 597 g/mol. The minimum Gasteiger partial charge on any atom is -0.330 e. The highest BCUT2D eigenvalue weighted by molar-refractivity contribution is 6.07. The standard InChI is InChI=1S/C42H36N4/c1-28-19-21-29(22-20-28)41-43-26-31(27-44-41)30-11-10-14-33(23-30)46-39-18-9-7-16-35(39)37-24-36-34-15-6-8-17-38(34)45(32-12-4-3-5-13-32)40(36)25-42(37,46)2/h3-19,21-24,26,28H,20,25,27H2,1-2H3,(H,43,44)/p+1. The van der Waals surface area contributed by atoms with E-state index < -0.39 is 0 Å². The minimum atomic E-state index is -0.258. The number of nitrogens with two attached hydrogens (primary N) is 1. The first-order valence-corrected chi connectivity index (χ1v) is 16.5. The fourth-order valence-electron chi connectivity index (χ4n) is 8.01. The molecule has 5 aromatic rings. The number of anilines is 2. The van der Waals surface area contributed by atoms with Crippen LogP contribution < -0.4 is 10.2 Å². The first-order valence-electron chi connectivity index (χ1n) is 16.5. The molecular formula is C42H37N4+. The molecule has 2 unspecified atom stereocenters. The van der Waals surface area contributed by atoms with Crippen molar-refractivity contribution in [1.82, 2.24) is 4.57 Å². The molecule has 46 heavy (non-hydrogen) atoms. The van der Waals surface area contributed by atoms with Crippen LogP contribution in [0.25, 0.3) is 33.8 Å². The van der Waals surface area contributed by atoms with Crippen LogP contribution in [0.4, 0.5) is 11.4 Å². The number of para-hydroxylation sites is 3. The van der Waals surface area contributed by atoms with Crippen molar-refractivity contribution < 1.29 is 5.32 Å². The zero-order valence-electron chi connectivity index (χ0n) is 26.3. The molecule has 0 spiro atoms.